The van der Waals surface area contributed by atoms with Crippen molar-refractivity contribution in [2.75, 3.05) is 33.2 Å². The van der Waals surface area contributed by atoms with Crippen molar-refractivity contribution >= 4 is 16.1 Å². The molecule has 2 aliphatic rings. The summed E-state index contributed by atoms with van der Waals surface area (Å²) in [4.78, 5) is 15.3. The zero-order valence-electron chi connectivity index (χ0n) is 12.0. The number of rotatable bonds is 3. The molecule has 0 aliphatic carbocycles. The SMILES string of the molecule is CN1C[C@H]2CN(S(=O)(=O)Cc3ccccc3)CCN2C1=O. The lowest BCUT2D eigenvalue weighted by Gasteiger charge is -2.35. The summed E-state index contributed by atoms with van der Waals surface area (Å²) in [5, 5.41) is 0. The smallest absolute Gasteiger partial charge is 0.320 e. The number of fused-ring (bicyclic) bond motifs is 1. The van der Waals surface area contributed by atoms with Gasteiger partial charge in [-0.15, -0.1) is 0 Å². The van der Waals surface area contributed by atoms with Crippen molar-refractivity contribution in [1.29, 1.82) is 0 Å². The van der Waals surface area contributed by atoms with Gasteiger partial charge in [-0.25, -0.2) is 13.2 Å². The summed E-state index contributed by atoms with van der Waals surface area (Å²) in [7, 11) is -1.58. The third-order valence-electron chi connectivity index (χ3n) is 4.09. The first kappa shape index (κ1) is 14.3. The van der Waals surface area contributed by atoms with E-state index in [9.17, 15) is 13.2 Å². The lowest BCUT2D eigenvalue weighted by Crippen LogP contribution is -2.53. The Morgan fingerprint density at radius 1 is 1.14 bits per heavy atom. The minimum Gasteiger partial charge on any atom is -0.326 e. The summed E-state index contributed by atoms with van der Waals surface area (Å²) in [5.74, 6) is 0.0182. The molecule has 0 radical (unpaired) electrons. The Hall–Kier alpha value is -1.60. The third kappa shape index (κ3) is 2.75. The van der Waals surface area contributed by atoms with Crippen LogP contribution < -0.4 is 0 Å². The summed E-state index contributed by atoms with van der Waals surface area (Å²) in [5.41, 5.74) is 0.791. The summed E-state index contributed by atoms with van der Waals surface area (Å²) >= 11 is 0. The van der Waals surface area contributed by atoms with Crippen LogP contribution in [-0.2, 0) is 15.8 Å². The molecule has 114 valence electrons. The van der Waals surface area contributed by atoms with Gasteiger partial charge < -0.3 is 9.80 Å². The Kier molecular flexibility index (Phi) is 3.62. The number of nitrogens with zero attached hydrogens (tertiary/aromatic N) is 3. The first-order valence-corrected chi connectivity index (χ1v) is 8.62. The van der Waals surface area contributed by atoms with Crippen LogP contribution in [0.2, 0.25) is 0 Å². The quantitative estimate of drug-likeness (QED) is 0.820. The maximum absolute atomic E-state index is 12.5. The first-order valence-electron chi connectivity index (χ1n) is 7.01. The van der Waals surface area contributed by atoms with E-state index >= 15 is 0 Å². The minimum atomic E-state index is -3.33. The molecule has 0 aromatic heterocycles. The maximum Gasteiger partial charge on any atom is 0.320 e. The number of carbonyl (C=O) groups excluding carboxylic acids is 1. The van der Waals surface area contributed by atoms with Crippen molar-refractivity contribution in [1.82, 2.24) is 14.1 Å². The lowest BCUT2D eigenvalue weighted by atomic mass is 10.2. The van der Waals surface area contributed by atoms with Crippen LogP contribution in [0.25, 0.3) is 0 Å². The number of carbonyl (C=O) groups is 1. The van der Waals surface area contributed by atoms with Crippen LogP contribution in [0.3, 0.4) is 0 Å². The van der Waals surface area contributed by atoms with E-state index in [-0.39, 0.29) is 17.8 Å². The molecule has 3 rings (SSSR count). The normalized spacial score (nSPS) is 23.5. The van der Waals surface area contributed by atoms with E-state index in [4.69, 9.17) is 0 Å². The maximum atomic E-state index is 12.5. The predicted octanol–water partition coefficient (Wildman–Crippen LogP) is 0.568. The largest absolute Gasteiger partial charge is 0.326 e. The molecule has 21 heavy (non-hydrogen) atoms. The average Bonchev–Trinajstić information content (AvgIpc) is 2.74. The second kappa shape index (κ2) is 5.31. The monoisotopic (exact) mass is 309 g/mol. The van der Waals surface area contributed by atoms with Crippen LogP contribution in [0.5, 0.6) is 0 Å². The Balaban J connectivity index is 1.72. The molecule has 6 nitrogen and oxygen atoms in total. The van der Waals surface area contributed by atoms with Gasteiger partial charge in [0.15, 0.2) is 0 Å². The van der Waals surface area contributed by atoms with Gasteiger partial charge >= 0.3 is 6.03 Å². The highest BCUT2D eigenvalue weighted by molar-refractivity contribution is 7.88. The molecular weight excluding hydrogens is 290 g/mol. The highest BCUT2D eigenvalue weighted by atomic mass is 32.2. The van der Waals surface area contributed by atoms with Gasteiger partial charge in [-0.3, -0.25) is 0 Å². The topological polar surface area (TPSA) is 60.9 Å². The van der Waals surface area contributed by atoms with Crippen LogP contribution in [0.4, 0.5) is 4.79 Å². The Bertz CT molecular complexity index is 632. The van der Waals surface area contributed by atoms with Crippen molar-refractivity contribution in [2.45, 2.75) is 11.8 Å². The number of piperazine rings is 1. The molecule has 0 unspecified atom stereocenters. The fraction of sp³-hybridized carbons (Fsp3) is 0.500. The Morgan fingerprint density at radius 2 is 1.86 bits per heavy atom. The molecular formula is C14H19N3O3S. The zero-order valence-corrected chi connectivity index (χ0v) is 12.8. The second-order valence-electron chi connectivity index (χ2n) is 5.61. The van der Waals surface area contributed by atoms with Crippen molar-refractivity contribution < 1.29 is 13.2 Å². The van der Waals surface area contributed by atoms with E-state index in [2.05, 4.69) is 0 Å². The average molecular weight is 309 g/mol. The van der Waals surface area contributed by atoms with E-state index in [1.165, 1.54) is 4.31 Å². The summed E-state index contributed by atoms with van der Waals surface area (Å²) in [6.07, 6.45) is 0. The van der Waals surface area contributed by atoms with E-state index in [0.29, 0.717) is 26.2 Å². The van der Waals surface area contributed by atoms with Crippen molar-refractivity contribution in [3.05, 3.63) is 35.9 Å². The molecule has 2 heterocycles. The molecule has 1 atom stereocenters. The molecule has 2 fully saturated rings. The van der Waals surface area contributed by atoms with Gasteiger partial charge in [-0.1, -0.05) is 30.3 Å². The lowest BCUT2D eigenvalue weighted by molar-refractivity contribution is 0.161. The van der Waals surface area contributed by atoms with Gasteiger partial charge in [0.1, 0.15) is 0 Å². The zero-order chi connectivity index (χ0) is 15.0. The van der Waals surface area contributed by atoms with Crippen LogP contribution in [-0.4, -0.2) is 67.8 Å². The number of hydrogen-bond donors (Lipinski definition) is 0. The van der Waals surface area contributed by atoms with Crippen molar-refractivity contribution in [3.63, 3.8) is 0 Å². The number of sulfonamides is 1. The molecule has 0 bridgehead atoms. The summed E-state index contributed by atoms with van der Waals surface area (Å²) < 4.78 is 26.6. The molecule has 0 saturated carbocycles. The predicted molar refractivity (Wildman–Crippen MR) is 79.2 cm³/mol. The van der Waals surface area contributed by atoms with Crippen molar-refractivity contribution in [2.24, 2.45) is 0 Å². The Labute approximate surface area is 125 Å². The molecule has 7 heteroatoms. The molecule has 1 aromatic carbocycles. The summed E-state index contributed by atoms with van der Waals surface area (Å²) in [6.45, 7) is 1.84. The van der Waals surface area contributed by atoms with E-state index in [1.807, 2.05) is 30.3 Å². The van der Waals surface area contributed by atoms with E-state index in [1.54, 1.807) is 16.8 Å². The van der Waals surface area contributed by atoms with Gasteiger partial charge in [-0.2, -0.15) is 4.31 Å². The van der Waals surface area contributed by atoms with Crippen LogP contribution >= 0.6 is 0 Å². The molecule has 1 aromatic rings. The van der Waals surface area contributed by atoms with Gasteiger partial charge in [0, 0.05) is 33.2 Å². The number of amides is 2. The number of benzene rings is 1. The van der Waals surface area contributed by atoms with E-state index in [0.717, 1.165) is 5.56 Å². The van der Waals surface area contributed by atoms with Crippen LogP contribution in [0, 0.1) is 0 Å². The highest BCUT2D eigenvalue weighted by Gasteiger charge is 2.41. The highest BCUT2D eigenvalue weighted by Crippen LogP contribution is 2.22. The van der Waals surface area contributed by atoms with Crippen LogP contribution in [0.1, 0.15) is 5.56 Å². The van der Waals surface area contributed by atoms with Gasteiger partial charge in [-0.05, 0) is 5.56 Å². The first-order chi connectivity index (χ1) is 9.97. The second-order valence-corrected chi connectivity index (χ2v) is 7.58. The van der Waals surface area contributed by atoms with E-state index < -0.39 is 10.0 Å². The standard InChI is InChI=1S/C14H19N3O3S/c1-15-9-13-10-16(7-8-17(13)14(15)18)21(19,20)11-12-5-3-2-4-6-12/h2-6,13H,7-11H2,1H3/t13-/m0/s1. The van der Waals surface area contributed by atoms with Crippen LogP contribution in [0.15, 0.2) is 30.3 Å². The number of urea groups is 1. The van der Waals surface area contributed by atoms with Crippen molar-refractivity contribution in [3.8, 4) is 0 Å². The molecule has 2 saturated heterocycles. The third-order valence-corrected chi connectivity index (χ3v) is 5.90. The van der Waals surface area contributed by atoms with Gasteiger partial charge in [0.2, 0.25) is 10.0 Å². The fourth-order valence-electron chi connectivity index (χ4n) is 2.98. The molecule has 2 aliphatic heterocycles. The molecule has 0 N–H and O–H groups in total. The van der Waals surface area contributed by atoms with Gasteiger partial charge in [0.25, 0.3) is 0 Å². The fourth-order valence-corrected chi connectivity index (χ4v) is 4.53. The minimum absolute atomic E-state index is 0.0000994. The molecule has 2 amide bonds. The Morgan fingerprint density at radius 3 is 2.57 bits per heavy atom. The molecule has 0 spiro atoms. The van der Waals surface area contributed by atoms with Gasteiger partial charge in [0.05, 0.1) is 11.8 Å². The number of hydrogen-bond acceptors (Lipinski definition) is 3. The number of likely N-dealkylation sites (N-methyl/N-ethyl adjacent to an activating group) is 1. The summed E-state index contributed by atoms with van der Waals surface area (Å²) in [6, 6.07) is 9.17.